The van der Waals surface area contributed by atoms with Crippen molar-refractivity contribution in [3.63, 3.8) is 0 Å². The minimum absolute atomic E-state index is 0.146. The van der Waals surface area contributed by atoms with Crippen LogP contribution in [0, 0.1) is 0 Å². The molecule has 6 heteroatoms. The Bertz CT molecular complexity index is 461. The number of ether oxygens (including phenoxy) is 2. The van der Waals surface area contributed by atoms with Crippen molar-refractivity contribution < 1.29 is 24.5 Å². The second kappa shape index (κ2) is 6.21. The lowest BCUT2D eigenvalue weighted by Gasteiger charge is -2.35. The van der Waals surface area contributed by atoms with Crippen LogP contribution in [-0.2, 0) is 9.53 Å². The van der Waals surface area contributed by atoms with Crippen molar-refractivity contribution in [1.29, 1.82) is 0 Å². The van der Waals surface area contributed by atoms with Crippen LogP contribution in [0.3, 0.4) is 0 Å². The third-order valence-electron chi connectivity index (χ3n) is 3.11. The molecule has 0 saturated carbocycles. The van der Waals surface area contributed by atoms with Gasteiger partial charge in [-0.15, -0.1) is 0 Å². The van der Waals surface area contributed by atoms with Crippen molar-refractivity contribution in [3.8, 4) is 5.75 Å². The predicted octanol–water partition coefficient (Wildman–Crippen LogP) is 0.880. The number of anilines is 1. The van der Waals surface area contributed by atoms with Gasteiger partial charge in [-0.2, -0.15) is 0 Å². The summed E-state index contributed by atoms with van der Waals surface area (Å²) in [5, 5.41) is 22.0. The summed E-state index contributed by atoms with van der Waals surface area (Å²) in [5.41, 5.74) is 0.666. The smallest absolute Gasteiger partial charge is 0.226 e. The molecule has 110 valence electrons. The average molecular weight is 281 g/mol. The number of hydrogen-bond donors (Lipinski definition) is 3. The van der Waals surface area contributed by atoms with E-state index in [1.807, 2.05) is 0 Å². The van der Waals surface area contributed by atoms with Crippen LogP contribution >= 0.6 is 0 Å². The Balaban J connectivity index is 1.97. The fourth-order valence-corrected chi connectivity index (χ4v) is 2.00. The summed E-state index contributed by atoms with van der Waals surface area (Å²) in [6.45, 7) is 3.16. The second-order valence-electron chi connectivity index (χ2n) is 4.90. The molecule has 0 bridgehead atoms. The zero-order valence-electron chi connectivity index (χ0n) is 11.4. The number of nitrogens with one attached hydrogen (secondary N) is 1. The number of carbonyl (C=O) groups is 1. The molecule has 1 aromatic carbocycles. The van der Waals surface area contributed by atoms with E-state index in [2.05, 4.69) is 5.32 Å². The number of rotatable bonds is 3. The van der Waals surface area contributed by atoms with Crippen LogP contribution in [-0.4, -0.2) is 40.7 Å². The number of hydrogen-bond acceptors (Lipinski definition) is 5. The Hall–Kier alpha value is -1.63. The Kier molecular flexibility index (Phi) is 4.59. The van der Waals surface area contributed by atoms with Crippen LogP contribution in [0.2, 0.25) is 0 Å². The molecule has 1 aliphatic heterocycles. The zero-order valence-corrected chi connectivity index (χ0v) is 11.4. The largest absolute Gasteiger partial charge is 0.462 e. The maximum Gasteiger partial charge on any atom is 0.226 e. The summed E-state index contributed by atoms with van der Waals surface area (Å²) in [6.07, 6.45) is -2.54. The van der Waals surface area contributed by atoms with Crippen LogP contribution in [0.5, 0.6) is 5.75 Å². The molecule has 1 aliphatic rings. The van der Waals surface area contributed by atoms with Gasteiger partial charge in [0.2, 0.25) is 12.2 Å². The molecule has 0 spiro atoms. The van der Waals surface area contributed by atoms with Crippen molar-refractivity contribution in [2.24, 2.45) is 0 Å². The minimum atomic E-state index is -0.878. The molecule has 6 nitrogen and oxygen atoms in total. The Morgan fingerprint density at radius 2 is 1.95 bits per heavy atom. The first-order chi connectivity index (χ1) is 9.45. The molecular formula is C14H19NO5. The first-order valence-corrected chi connectivity index (χ1v) is 6.51. The summed E-state index contributed by atoms with van der Waals surface area (Å²) in [4.78, 5) is 10.9. The Morgan fingerprint density at radius 1 is 1.30 bits per heavy atom. The molecule has 0 aliphatic carbocycles. The lowest BCUT2D eigenvalue weighted by atomic mass is 10.0. The highest BCUT2D eigenvalue weighted by molar-refractivity contribution is 5.88. The zero-order chi connectivity index (χ0) is 14.7. The number of carbonyl (C=O) groups excluding carboxylic acids is 1. The van der Waals surface area contributed by atoms with Crippen molar-refractivity contribution in [2.75, 3.05) is 5.32 Å². The van der Waals surface area contributed by atoms with Gasteiger partial charge in [0.1, 0.15) is 11.9 Å². The average Bonchev–Trinajstić information content (AvgIpc) is 2.37. The van der Waals surface area contributed by atoms with E-state index >= 15 is 0 Å². The molecule has 2 unspecified atom stereocenters. The predicted molar refractivity (Wildman–Crippen MR) is 72.3 cm³/mol. The third kappa shape index (κ3) is 3.69. The molecule has 1 aromatic rings. The van der Waals surface area contributed by atoms with E-state index < -0.39 is 18.5 Å². The SMILES string of the molecule is CC(=O)Nc1ccc(OC2O[C@@H](C)C(O)C[C@H]2O)cc1. The quantitative estimate of drug-likeness (QED) is 0.765. The topological polar surface area (TPSA) is 88.0 Å². The second-order valence-corrected chi connectivity index (χ2v) is 4.90. The summed E-state index contributed by atoms with van der Waals surface area (Å²) < 4.78 is 11.0. The van der Waals surface area contributed by atoms with Crippen molar-refractivity contribution >= 4 is 11.6 Å². The molecule has 1 saturated heterocycles. The number of benzene rings is 1. The van der Waals surface area contributed by atoms with E-state index in [0.717, 1.165) is 0 Å². The van der Waals surface area contributed by atoms with E-state index in [9.17, 15) is 15.0 Å². The standard InChI is InChI=1S/C14H19NO5/c1-8-12(17)7-13(18)14(19-8)20-11-5-3-10(4-6-11)15-9(2)16/h3-6,8,12-14,17-18H,7H2,1-2H3,(H,15,16)/t8-,12?,13+,14?/m0/s1. The monoisotopic (exact) mass is 281 g/mol. The molecule has 0 radical (unpaired) electrons. The summed E-state index contributed by atoms with van der Waals surface area (Å²) in [5.74, 6) is 0.374. The fraction of sp³-hybridized carbons (Fsp3) is 0.500. The molecule has 0 aromatic heterocycles. The molecule has 1 amide bonds. The van der Waals surface area contributed by atoms with Gasteiger partial charge in [0, 0.05) is 19.0 Å². The van der Waals surface area contributed by atoms with Crippen molar-refractivity contribution in [1.82, 2.24) is 0 Å². The maximum atomic E-state index is 10.9. The lowest BCUT2D eigenvalue weighted by Crippen LogP contribution is -2.48. The number of aliphatic hydroxyl groups excluding tert-OH is 2. The van der Waals surface area contributed by atoms with Crippen molar-refractivity contribution in [3.05, 3.63) is 24.3 Å². The van der Waals surface area contributed by atoms with Crippen LogP contribution in [0.15, 0.2) is 24.3 Å². The highest BCUT2D eigenvalue weighted by Crippen LogP contribution is 2.24. The molecule has 1 heterocycles. The van der Waals surface area contributed by atoms with E-state index in [4.69, 9.17) is 9.47 Å². The first kappa shape index (κ1) is 14.8. The van der Waals surface area contributed by atoms with Gasteiger partial charge < -0.3 is 25.0 Å². The van der Waals surface area contributed by atoms with Crippen LogP contribution in [0.1, 0.15) is 20.3 Å². The summed E-state index contributed by atoms with van der Waals surface area (Å²) >= 11 is 0. The minimum Gasteiger partial charge on any atom is -0.462 e. The molecule has 4 atom stereocenters. The lowest BCUT2D eigenvalue weighted by molar-refractivity contribution is -0.228. The molecule has 2 rings (SSSR count). The van der Waals surface area contributed by atoms with Gasteiger partial charge >= 0.3 is 0 Å². The van der Waals surface area contributed by atoms with Gasteiger partial charge in [-0.05, 0) is 31.2 Å². The normalized spacial score (nSPS) is 29.8. The molecule has 3 N–H and O–H groups in total. The Morgan fingerprint density at radius 3 is 2.55 bits per heavy atom. The molecular weight excluding hydrogens is 262 g/mol. The highest BCUT2D eigenvalue weighted by atomic mass is 16.7. The summed E-state index contributed by atoms with van der Waals surface area (Å²) in [6, 6.07) is 6.75. The van der Waals surface area contributed by atoms with Gasteiger partial charge in [0.15, 0.2) is 0 Å². The number of aliphatic hydroxyl groups is 2. The van der Waals surface area contributed by atoms with Gasteiger partial charge in [-0.1, -0.05) is 0 Å². The van der Waals surface area contributed by atoms with Crippen LogP contribution < -0.4 is 10.1 Å². The third-order valence-corrected chi connectivity index (χ3v) is 3.11. The van der Waals surface area contributed by atoms with Gasteiger partial charge in [0.05, 0.1) is 12.2 Å². The fourth-order valence-electron chi connectivity index (χ4n) is 2.00. The van der Waals surface area contributed by atoms with Crippen LogP contribution in [0.4, 0.5) is 5.69 Å². The van der Waals surface area contributed by atoms with Gasteiger partial charge in [-0.3, -0.25) is 4.79 Å². The highest BCUT2D eigenvalue weighted by Gasteiger charge is 2.35. The first-order valence-electron chi connectivity index (χ1n) is 6.51. The van der Waals surface area contributed by atoms with E-state index in [1.54, 1.807) is 31.2 Å². The van der Waals surface area contributed by atoms with Crippen LogP contribution in [0.25, 0.3) is 0 Å². The summed E-state index contributed by atoms with van der Waals surface area (Å²) in [7, 11) is 0. The molecule has 20 heavy (non-hydrogen) atoms. The van der Waals surface area contributed by atoms with Crippen molar-refractivity contribution in [2.45, 2.75) is 44.9 Å². The van der Waals surface area contributed by atoms with Gasteiger partial charge in [0.25, 0.3) is 0 Å². The van der Waals surface area contributed by atoms with Gasteiger partial charge in [-0.25, -0.2) is 0 Å². The molecule has 1 fully saturated rings. The van der Waals surface area contributed by atoms with E-state index in [0.29, 0.717) is 11.4 Å². The van der Waals surface area contributed by atoms with E-state index in [1.165, 1.54) is 6.92 Å². The maximum absolute atomic E-state index is 10.9. The van der Waals surface area contributed by atoms with E-state index in [-0.39, 0.29) is 18.4 Å². The number of amides is 1. The Labute approximate surface area is 117 Å².